The molecule has 0 atom stereocenters. The fourth-order valence-electron chi connectivity index (χ4n) is 2.95. The number of pyridine rings is 1. The minimum Gasteiger partial charge on any atom is -0.355 e. The van der Waals surface area contributed by atoms with Crippen LogP contribution in [0.15, 0.2) is 67.3 Å². The highest BCUT2D eigenvalue weighted by Crippen LogP contribution is 2.26. The molecule has 1 aliphatic rings. The van der Waals surface area contributed by atoms with E-state index in [0.29, 0.717) is 19.6 Å². The molecular weight excluding hydrogens is 326 g/mol. The molecule has 3 heterocycles. The van der Waals surface area contributed by atoms with Gasteiger partial charge in [0.15, 0.2) is 0 Å². The molecule has 26 heavy (non-hydrogen) atoms. The van der Waals surface area contributed by atoms with Gasteiger partial charge in [0.2, 0.25) is 5.91 Å². The zero-order chi connectivity index (χ0) is 17.8. The van der Waals surface area contributed by atoms with Crippen molar-refractivity contribution in [2.24, 2.45) is 5.92 Å². The minimum atomic E-state index is -0.00743. The Labute approximate surface area is 151 Å². The second kappa shape index (κ2) is 7.31. The number of nitrogens with zero attached hydrogens (tertiary/aromatic N) is 4. The Morgan fingerprint density at radius 2 is 1.85 bits per heavy atom. The smallest absolute Gasteiger partial charge is 0.226 e. The van der Waals surface area contributed by atoms with Crippen LogP contribution in [0.2, 0.25) is 0 Å². The van der Waals surface area contributed by atoms with Crippen LogP contribution in [-0.2, 0) is 11.3 Å². The molecule has 1 fully saturated rings. The normalized spacial score (nSPS) is 13.9. The van der Waals surface area contributed by atoms with Crippen molar-refractivity contribution < 1.29 is 4.79 Å². The SMILES string of the molecule is O=C(NCc1ccncc1)C1CN(c2cc(-c3ccccc3)ncn2)C1. The third-order valence-corrected chi connectivity index (χ3v) is 4.51. The highest BCUT2D eigenvalue weighted by molar-refractivity contribution is 5.81. The van der Waals surface area contributed by atoms with E-state index in [0.717, 1.165) is 22.6 Å². The van der Waals surface area contributed by atoms with E-state index in [2.05, 4.69) is 25.2 Å². The molecule has 2 aromatic heterocycles. The van der Waals surface area contributed by atoms with Crippen LogP contribution < -0.4 is 10.2 Å². The fraction of sp³-hybridized carbons (Fsp3) is 0.200. The van der Waals surface area contributed by atoms with Crippen LogP contribution in [0.4, 0.5) is 5.82 Å². The molecule has 130 valence electrons. The summed E-state index contributed by atoms with van der Waals surface area (Å²) in [7, 11) is 0. The van der Waals surface area contributed by atoms with Gasteiger partial charge >= 0.3 is 0 Å². The predicted molar refractivity (Wildman–Crippen MR) is 99.3 cm³/mol. The summed E-state index contributed by atoms with van der Waals surface area (Å²) in [5.74, 6) is 0.930. The first-order valence-corrected chi connectivity index (χ1v) is 8.58. The molecule has 1 aliphatic heterocycles. The highest BCUT2D eigenvalue weighted by atomic mass is 16.2. The molecule has 6 nitrogen and oxygen atoms in total. The summed E-state index contributed by atoms with van der Waals surface area (Å²) in [6, 6.07) is 15.8. The maximum absolute atomic E-state index is 12.3. The average molecular weight is 345 g/mol. The molecule has 0 aliphatic carbocycles. The maximum Gasteiger partial charge on any atom is 0.226 e. The van der Waals surface area contributed by atoms with Gasteiger partial charge in [0.25, 0.3) is 0 Å². The molecule has 3 aromatic rings. The van der Waals surface area contributed by atoms with Gasteiger partial charge in [0.05, 0.1) is 11.6 Å². The predicted octanol–water partition coefficient (Wildman–Crippen LogP) is 2.29. The summed E-state index contributed by atoms with van der Waals surface area (Å²) in [5.41, 5.74) is 3.00. The van der Waals surface area contributed by atoms with Crippen molar-refractivity contribution in [1.29, 1.82) is 0 Å². The van der Waals surface area contributed by atoms with E-state index in [1.807, 2.05) is 48.5 Å². The molecule has 0 spiro atoms. The summed E-state index contributed by atoms with van der Waals surface area (Å²) in [4.78, 5) is 27.1. The highest BCUT2D eigenvalue weighted by Gasteiger charge is 2.33. The van der Waals surface area contributed by atoms with Gasteiger partial charge in [-0.3, -0.25) is 9.78 Å². The molecule has 4 rings (SSSR count). The lowest BCUT2D eigenvalue weighted by Gasteiger charge is -2.39. The van der Waals surface area contributed by atoms with Gasteiger partial charge in [-0.25, -0.2) is 9.97 Å². The number of amides is 1. The number of hydrogen-bond acceptors (Lipinski definition) is 5. The molecule has 6 heteroatoms. The van der Waals surface area contributed by atoms with Crippen molar-refractivity contribution in [2.75, 3.05) is 18.0 Å². The van der Waals surface area contributed by atoms with Crippen molar-refractivity contribution in [3.8, 4) is 11.3 Å². The Morgan fingerprint density at radius 3 is 2.62 bits per heavy atom. The number of aromatic nitrogens is 3. The van der Waals surface area contributed by atoms with Gasteiger partial charge < -0.3 is 10.2 Å². The largest absolute Gasteiger partial charge is 0.355 e. The van der Waals surface area contributed by atoms with E-state index >= 15 is 0 Å². The maximum atomic E-state index is 12.3. The molecule has 0 bridgehead atoms. The van der Waals surface area contributed by atoms with Gasteiger partial charge in [-0.2, -0.15) is 0 Å². The van der Waals surface area contributed by atoms with Crippen LogP contribution >= 0.6 is 0 Å². The molecule has 1 N–H and O–H groups in total. The zero-order valence-corrected chi connectivity index (χ0v) is 14.2. The topological polar surface area (TPSA) is 71.0 Å². The molecule has 0 unspecified atom stereocenters. The van der Waals surface area contributed by atoms with Crippen molar-refractivity contribution in [3.05, 3.63) is 72.8 Å². The van der Waals surface area contributed by atoms with Gasteiger partial charge in [-0.1, -0.05) is 30.3 Å². The number of rotatable bonds is 5. The van der Waals surface area contributed by atoms with E-state index in [9.17, 15) is 4.79 Å². The van der Waals surface area contributed by atoms with Gasteiger partial charge in [-0.15, -0.1) is 0 Å². The monoisotopic (exact) mass is 345 g/mol. The Bertz CT molecular complexity index is 879. The van der Waals surface area contributed by atoms with E-state index in [-0.39, 0.29) is 11.8 Å². The summed E-state index contributed by atoms with van der Waals surface area (Å²) in [5, 5.41) is 2.98. The second-order valence-corrected chi connectivity index (χ2v) is 6.30. The second-order valence-electron chi connectivity index (χ2n) is 6.30. The van der Waals surface area contributed by atoms with Gasteiger partial charge in [0, 0.05) is 43.7 Å². The van der Waals surface area contributed by atoms with Crippen LogP contribution in [0.3, 0.4) is 0 Å². The van der Waals surface area contributed by atoms with Crippen molar-refractivity contribution in [1.82, 2.24) is 20.3 Å². The van der Waals surface area contributed by atoms with E-state index in [1.54, 1.807) is 18.7 Å². The molecule has 1 amide bonds. The summed E-state index contributed by atoms with van der Waals surface area (Å²) >= 11 is 0. The lowest BCUT2D eigenvalue weighted by Crippen LogP contribution is -2.54. The van der Waals surface area contributed by atoms with Crippen molar-refractivity contribution >= 4 is 11.7 Å². The summed E-state index contributed by atoms with van der Waals surface area (Å²) in [6.45, 7) is 1.88. The third-order valence-electron chi connectivity index (χ3n) is 4.51. The number of carbonyl (C=O) groups is 1. The molecule has 1 aromatic carbocycles. The molecule has 0 saturated carbocycles. The van der Waals surface area contributed by atoms with Crippen molar-refractivity contribution in [3.63, 3.8) is 0 Å². The van der Waals surface area contributed by atoms with E-state index in [4.69, 9.17) is 0 Å². The Hall–Kier alpha value is -3.28. The first-order valence-electron chi connectivity index (χ1n) is 8.58. The zero-order valence-electron chi connectivity index (χ0n) is 14.2. The molecular formula is C20H19N5O. The van der Waals surface area contributed by atoms with Crippen LogP contribution in [0.25, 0.3) is 11.3 Å². The minimum absolute atomic E-state index is 0.00743. The van der Waals surface area contributed by atoms with Crippen LogP contribution in [0.5, 0.6) is 0 Å². The number of benzene rings is 1. The third kappa shape index (κ3) is 3.54. The number of anilines is 1. The number of nitrogens with one attached hydrogen (secondary N) is 1. The van der Waals surface area contributed by atoms with Crippen molar-refractivity contribution in [2.45, 2.75) is 6.54 Å². The van der Waals surface area contributed by atoms with Crippen LogP contribution in [-0.4, -0.2) is 33.9 Å². The Morgan fingerprint density at radius 1 is 1.08 bits per heavy atom. The standard InChI is InChI=1S/C20H19N5O/c26-20(22-11-15-6-8-21-9-7-15)17-12-25(13-17)19-10-18(23-14-24-19)16-4-2-1-3-5-16/h1-10,14,17H,11-13H2,(H,22,26). The molecule has 0 radical (unpaired) electrons. The fourth-order valence-corrected chi connectivity index (χ4v) is 2.95. The average Bonchev–Trinajstić information content (AvgIpc) is 2.67. The summed E-state index contributed by atoms with van der Waals surface area (Å²) in [6.07, 6.45) is 5.03. The number of carbonyl (C=O) groups excluding carboxylic acids is 1. The lowest BCUT2D eigenvalue weighted by molar-refractivity contribution is -0.125. The van der Waals surface area contributed by atoms with Crippen LogP contribution in [0.1, 0.15) is 5.56 Å². The first-order chi connectivity index (χ1) is 12.8. The summed E-state index contributed by atoms with van der Waals surface area (Å²) < 4.78 is 0. The van der Waals surface area contributed by atoms with Gasteiger partial charge in [0.1, 0.15) is 12.1 Å². The van der Waals surface area contributed by atoms with E-state index in [1.165, 1.54) is 0 Å². The van der Waals surface area contributed by atoms with Crippen LogP contribution in [0, 0.1) is 5.92 Å². The Balaban J connectivity index is 1.34. The number of hydrogen-bond donors (Lipinski definition) is 1. The Kier molecular flexibility index (Phi) is 4.55. The molecule has 1 saturated heterocycles. The first kappa shape index (κ1) is 16.2. The quantitative estimate of drug-likeness (QED) is 0.768. The van der Waals surface area contributed by atoms with E-state index < -0.39 is 0 Å². The van der Waals surface area contributed by atoms with Gasteiger partial charge in [-0.05, 0) is 17.7 Å². The lowest BCUT2D eigenvalue weighted by atomic mass is 9.99.